The van der Waals surface area contributed by atoms with Gasteiger partial charge in [0.1, 0.15) is 0 Å². The summed E-state index contributed by atoms with van der Waals surface area (Å²) >= 11 is 5.84. The van der Waals surface area contributed by atoms with E-state index in [9.17, 15) is 4.79 Å². The molecule has 1 aliphatic heterocycles. The zero-order valence-electron chi connectivity index (χ0n) is 12.6. The first-order valence-corrected chi connectivity index (χ1v) is 7.17. The molecule has 0 spiro atoms. The van der Waals surface area contributed by atoms with E-state index in [-0.39, 0.29) is 11.6 Å². The Kier molecular flexibility index (Phi) is 4.02. The fourth-order valence-corrected chi connectivity index (χ4v) is 2.22. The van der Waals surface area contributed by atoms with Crippen LogP contribution in [0, 0.1) is 0 Å². The topological polar surface area (TPSA) is 35.5 Å². The summed E-state index contributed by atoms with van der Waals surface area (Å²) in [4.78, 5) is 12.5. The highest BCUT2D eigenvalue weighted by molar-refractivity contribution is 6.53. The Balaban J connectivity index is 2.15. The van der Waals surface area contributed by atoms with Crippen LogP contribution in [0.1, 0.15) is 45.0 Å². The number of halogens is 1. The van der Waals surface area contributed by atoms with Crippen LogP contribution in [0.15, 0.2) is 24.3 Å². The zero-order valence-corrected chi connectivity index (χ0v) is 13.3. The lowest BCUT2D eigenvalue weighted by molar-refractivity contribution is 0.00578. The van der Waals surface area contributed by atoms with Crippen molar-refractivity contribution in [3.63, 3.8) is 0 Å². The minimum Gasteiger partial charge on any atom is -0.403 e. The smallest absolute Gasteiger partial charge is 0.403 e. The van der Waals surface area contributed by atoms with Gasteiger partial charge in [-0.3, -0.25) is 4.79 Å². The third-order valence-corrected chi connectivity index (χ3v) is 4.47. The molecule has 0 bridgehead atoms. The minimum absolute atomic E-state index is 0.000154. The van der Waals surface area contributed by atoms with Crippen LogP contribution < -0.4 is 0 Å². The Bertz CT molecular complexity index is 494. The second-order valence-corrected chi connectivity index (χ2v) is 6.72. The van der Waals surface area contributed by atoms with Crippen LogP contribution >= 0.6 is 11.6 Å². The van der Waals surface area contributed by atoms with Crippen molar-refractivity contribution in [1.82, 2.24) is 0 Å². The summed E-state index contributed by atoms with van der Waals surface area (Å²) in [5.41, 5.74) is -0.227. The van der Waals surface area contributed by atoms with Gasteiger partial charge in [-0.15, -0.1) is 0 Å². The van der Waals surface area contributed by atoms with Crippen molar-refractivity contribution in [1.29, 1.82) is 0 Å². The Labute approximate surface area is 125 Å². The summed E-state index contributed by atoms with van der Waals surface area (Å²) in [6.45, 7) is 9.75. The van der Waals surface area contributed by atoms with Crippen molar-refractivity contribution >= 4 is 24.5 Å². The van der Waals surface area contributed by atoms with Crippen molar-refractivity contribution in [2.45, 2.75) is 51.6 Å². The van der Waals surface area contributed by atoms with Crippen molar-refractivity contribution in [3.8, 4) is 0 Å². The van der Waals surface area contributed by atoms with Gasteiger partial charge >= 0.3 is 7.12 Å². The van der Waals surface area contributed by atoms with Crippen LogP contribution in [0.3, 0.4) is 0 Å². The molecular weight excluding hydrogens is 274 g/mol. The summed E-state index contributed by atoms with van der Waals surface area (Å²) in [5.74, 6) is -0.364. The Morgan fingerprint density at radius 2 is 1.55 bits per heavy atom. The van der Waals surface area contributed by atoms with Crippen molar-refractivity contribution in [2.75, 3.05) is 0 Å². The average molecular weight is 295 g/mol. The largest absolute Gasteiger partial charge is 0.469 e. The summed E-state index contributed by atoms with van der Waals surface area (Å²) < 4.78 is 11.8. The van der Waals surface area contributed by atoms with Crippen molar-refractivity contribution in [3.05, 3.63) is 34.9 Å². The molecule has 1 aliphatic rings. The number of carbonyl (C=O) groups excluding carboxylic acids is 1. The highest BCUT2D eigenvalue weighted by Crippen LogP contribution is 2.40. The molecule has 1 aromatic carbocycles. The van der Waals surface area contributed by atoms with Crippen LogP contribution in [0.5, 0.6) is 0 Å². The maximum atomic E-state index is 12.5. The highest BCUT2D eigenvalue weighted by Gasteiger charge is 2.54. The molecule has 1 fully saturated rings. The zero-order chi connectivity index (χ0) is 15.1. The van der Waals surface area contributed by atoms with E-state index in [0.29, 0.717) is 10.6 Å². The monoisotopic (exact) mass is 294 g/mol. The first-order chi connectivity index (χ1) is 9.14. The molecule has 0 radical (unpaired) electrons. The van der Waals surface area contributed by atoms with Crippen LogP contribution in [0.25, 0.3) is 0 Å². The number of rotatable bonds is 3. The van der Waals surface area contributed by atoms with Gasteiger partial charge in [-0.05, 0) is 52.0 Å². The van der Waals surface area contributed by atoms with Crippen LogP contribution in [-0.2, 0) is 9.31 Å². The number of hydrogen-bond acceptors (Lipinski definition) is 3. The lowest BCUT2D eigenvalue weighted by atomic mass is 9.69. The SMILES string of the molecule is C[C@H](B1OC(C)(C)C(C)(C)O1)C(=O)c1ccc(Cl)cc1. The molecular formula is C15H20BClO3. The molecule has 1 aromatic rings. The summed E-state index contributed by atoms with van der Waals surface area (Å²) in [7, 11) is -0.525. The fourth-order valence-electron chi connectivity index (χ4n) is 2.09. The number of carbonyl (C=O) groups is 1. The molecule has 0 unspecified atom stereocenters. The fraction of sp³-hybridized carbons (Fsp3) is 0.533. The second kappa shape index (κ2) is 5.17. The predicted octanol–water partition coefficient (Wildman–Crippen LogP) is 4.01. The number of ketones is 1. The summed E-state index contributed by atoms with van der Waals surface area (Å²) in [5, 5.41) is 0.616. The number of Topliss-reactive ketones (excluding diaryl/α,β-unsaturated/α-hetero) is 1. The quantitative estimate of drug-likeness (QED) is 0.624. The Morgan fingerprint density at radius 3 is 2.00 bits per heavy atom. The maximum absolute atomic E-state index is 12.5. The minimum atomic E-state index is -0.525. The standard InChI is InChI=1S/C15H20BClO3/c1-10(13(18)11-6-8-12(17)9-7-11)16-19-14(2,3)15(4,5)20-16/h6-10H,1-5H3/t10-/m0/s1. The molecule has 20 heavy (non-hydrogen) atoms. The molecule has 0 aliphatic carbocycles. The highest BCUT2D eigenvalue weighted by atomic mass is 35.5. The van der Waals surface area contributed by atoms with Crippen molar-refractivity contribution in [2.24, 2.45) is 0 Å². The van der Waals surface area contributed by atoms with Gasteiger partial charge in [0, 0.05) is 10.6 Å². The Hall–Kier alpha value is -0.835. The molecule has 1 heterocycles. The van der Waals surface area contributed by atoms with E-state index >= 15 is 0 Å². The van der Waals surface area contributed by atoms with Gasteiger partial charge < -0.3 is 9.31 Å². The van der Waals surface area contributed by atoms with E-state index in [2.05, 4.69) is 0 Å². The van der Waals surface area contributed by atoms with Gasteiger partial charge in [-0.2, -0.15) is 0 Å². The third-order valence-electron chi connectivity index (χ3n) is 4.22. The molecule has 0 aromatic heterocycles. The molecule has 3 nitrogen and oxygen atoms in total. The second-order valence-electron chi connectivity index (χ2n) is 6.28. The third kappa shape index (κ3) is 2.78. The van der Waals surface area contributed by atoms with Gasteiger partial charge in [-0.25, -0.2) is 0 Å². The van der Waals surface area contributed by atoms with E-state index < -0.39 is 18.3 Å². The molecule has 0 saturated carbocycles. The Morgan fingerprint density at radius 1 is 1.10 bits per heavy atom. The summed E-state index contributed by atoms with van der Waals surface area (Å²) in [6, 6.07) is 6.89. The predicted molar refractivity (Wildman–Crippen MR) is 81.3 cm³/mol. The van der Waals surface area contributed by atoms with Crippen molar-refractivity contribution < 1.29 is 14.1 Å². The molecule has 108 valence electrons. The van der Waals surface area contributed by atoms with E-state index in [4.69, 9.17) is 20.9 Å². The van der Waals surface area contributed by atoms with Gasteiger partial charge in [0.15, 0.2) is 5.78 Å². The van der Waals surface area contributed by atoms with Gasteiger partial charge in [-0.1, -0.05) is 18.5 Å². The van der Waals surface area contributed by atoms with E-state index in [1.54, 1.807) is 24.3 Å². The number of benzene rings is 1. The maximum Gasteiger partial charge on any atom is 0.469 e. The van der Waals surface area contributed by atoms with Crippen LogP contribution in [-0.4, -0.2) is 24.1 Å². The first kappa shape index (κ1) is 15.6. The normalized spacial score (nSPS) is 21.8. The van der Waals surface area contributed by atoms with Crippen LogP contribution in [0.4, 0.5) is 0 Å². The van der Waals surface area contributed by atoms with Gasteiger partial charge in [0.25, 0.3) is 0 Å². The number of hydrogen-bond donors (Lipinski definition) is 0. The van der Waals surface area contributed by atoms with E-state index in [1.165, 1.54) is 0 Å². The molecule has 0 N–H and O–H groups in total. The average Bonchev–Trinajstić information content (AvgIpc) is 2.57. The molecule has 5 heteroatoms. The van der Waals surface area contributed by atoms with E-state index in [1.807, 2.05) is 34.6 Å². The van der Waals surface area contributed by atoms with E-state index in [0.717, 1.165) is 0 Å². The first-order valence-electron chi connectivity index (χ1n) is 6.79. The molecule has 0 amide bonds. The molecule has 1 atom stereocenters. The van der Waals surface area contributed by atoms with Crippen LogP contribution in [0.2, 0.25) is 10.8 Å². The lowest BCUT2D eigenvalue weighted by Crippen LogP contribution is -2.41. The van der Waals surface area contributed by atoms with Gasteiger partial charge in [0.05, 0.1) is 17.0 Å². The molecule has 2 rings (SSSR count). The molecule has 1 saturated heterocycles. The van der Waals surface area contributed by atoms with Gasteiger partial charge in [0.2, 0.25) is 0 Å². The summed E-state index contributed by atoms with van der Waals surface area (Å²) in [6.07, 6.45) is 0. The lowest BCUT2D eigenvalue weighted by Gasteiger charge is -2.32.